The summed E-state index contributed by atoms with van der Waals surface area (Å²) in [6.45, 7) is 0. The Morgan fingerprint density at radius 1 is 0.667 bits per heavy atom. The Hall–Kier alpha value is -3.72. The smallest absolute Gasteiger partial charge is 0.147 e. The lowest BCUT2D eigenvalue weighted by Gasteiger charge is -2.16. The second-order valence-electron chi connectivity index (χ2n) is 7.12. The van der Waals surface area contributed by atoms with Gasteiger partial charge in [0.05, 0.1) is 22.7 Å². The maximum atomic E-state index is 4.80. The molecule has 3 heteroatoms. The molecule has 4 aromatic heterocycles. The molecule has 0 aliphatic rings. The highest BCUT2D eigenvalue weighted by Crippen LogP contribution is 2.41. The Labute approximate surface area is 153 Å². The van der Waals surface area contributed by atoms with Crippen LogP contribution in [0.4, 0.5) is 0 Å². The van der Waals surface area contributed by atoms with Crippen LogP contribution in [0.3, 0.4) is 0 Å². The van der Waals surface area contributed by atoms with Gasteiger partial charge in [-0.15, -0.1) is 0 Å². The van der Waals surface area contributed by atoms with Crippen LogP contribution < -0.4 is 0 Å². The molecule has 0 spiro atoms. The summed E-state index contributed by atoms with van der Waals surface area (Å²) >= 11 is 0. The minimum Gasteiger partial charge on any atom is -0.291 e. The van der Waals surface area contributed by atoms with Crippen LogP contribution >= 0.6 is 0 Å². The SMILES string of the molecule is c1ccc2c(c1)cc1c3ncccc3c3ncc4c5ccccc5c2c1n43. The molecule has 0 saturated carbocycles. The summed E-state index contributed by atoms with van der Waals surface area (Å²) in [5.41, 5.74) is 4.36. The summed E-state index contributed by atoms with van der Waals surface area (Å²) in [5, 5.41) is 8.57. The van der Waals surface area contributed by atoms with E-state index in [1.54, 1.807) is 0 Å². The molecule has 4 heterocycles. The number of benzene rings is 3. The summed E-state index contributed by atoms with van der Waals surface area (Å²) in [5.74, 6) is 0. The average Bonchev–Trinajstić information content (AvgIpc) is 3.19. The lowest BCUT2D eigenvalue weighted by molar-refractivity contribution is 1.31. The van der Waals surface area contributed by atoms with Crippen LogP contribution in [0.15, 0.2) is 79.1 Å². The van der Waals surface area contributed by atoms with Crippen LogP contribution in [-0.4, -0.2) is 14.4 Å². The van der Waals surface area contributed by atoms with Gasteiger partial charge >= 0.3 is 0 Å². The number of fused-ring (bicyclic) bond motifs is 8. The number of aromatic nitrogens is 3. The van der Waals surface area contributed by atoms with E-state index in [9.17, 15) is 0 Å². The van der Waals surface area contributed by atoms with Crippen molar-refractivity contribution in [3.05, 3.63) is 79.1 Å². The molecule has 3 nitrogen and oxygen atoms in total. The zero-order valence-corrected chi connectivity index (χ0v) is 14.3. The minimum absolute atomic E-state index is 0.978. The Kier molecular flexibility index (Phi) is 2.25. The van der Waals surface area contributed by atoms with Gasteiger partial charge in [0.1, 0.15) is 5.65 Å². The molecule has 7 rings (SSSR count). The van der Waals surface area contributed by atoms with Gasteiger partial charge in [-0.2, -0.15) is 0 Å². The number of hydrogen-bond acceptors (Lipinski definition) is 2. The van der Waals surface area contributed by atoms with Gasteiger partial charge in [-0.3, -0.25) is 9.38 Å². The number of pyridine rings is 3. The van der Waals surface area contributed by atoms with Crippen LogP contribution in [0.2, 0.25) is 0 Å². The van der Waals surface area contributed by atoms with Crippen LogP contribution in [0, 0.1) is 0 Å². The summed E-state index contributed by atoms with van der Waals surface area (Å²) in [6.07, 6.45) is 3.87. The highest BCUT2D eigenvalue weighted by molar-refractivity contribution is 6.30. The van der Waals surface area contributed by atoms with Crippen molar-refractivity contribution in [2.45, 2.75) is 0 Å². The first-order valence-electron chi connectivity index (χ1n) is 9.11. The zero-order valence-electron chi connectivity index (χ0n) is 14.3. The van der Waals surface area contributed by atoms with Crippen LogP contribution in [0.25, 0.3) is 59.9 Å². The predicted octanol–water partition coefficient (Wildman–Crippen LogP) is 5.93. The van der Waals surface area contributed by atoms with Gasteiger partial charge in [0.2, 0.25) is 0 Å². The molecule has 0 N–H and O–H groups in total. The number of hydrogen-bond donors (Lipinski definition) is 0. The van der Waals surface area contributed by atoms with E-state index in [2.05, 4.69) is 65.1 Å². The zero-order chi connectivity index (χ0) is 17.5. The van der Waals surface area contributed by atoms with Crippen molar-refractivity contribution in [1.82, 2.24) is 14.4 Å². The molecule has 0 bridgehead atoms. The fourth-order valence-corrected chi connectivity index (χ4v) is 4.71. The van der Waals surface area contributed by atoms with E-state index in [4.69, 9.17) is 9.97 Å². The van der Waals surface area contributed by atoms with E-state index in [0.717, 1.165) is 22.1 Å². The molecule has 0 amide bonds. The molecule has 124 valence electrons. The third kappa shape index (κ3) is 1.50. The van der Waals surface area contributed by atoms with Crippen molar-refractivity contribution >= 4 is 59.9 Å². The van der Waals surface area contributed by atoms with Crippen molar-refractivity contribution in [2.75, 3.05) is 0 Å². The molecule has 0 aliphatic heterocycles. The van der Waals surface area contributed by atoms with Crippen LogP contribution in [0.5, 0.6) is 0 Å². The fourth-order valence-electron chi connectivity index (χ4n) is 4.71. The number of nitrogens with zero attached hydrogens (tertiary/aromatic N) is 3. The largest absolute Gasteiger partial charge is 0.291 e. The predicted molar refractivity (Wildman–Crippen MR) is 112 cm³/mol. The summed E-state index contributed by atoms with van der Waals surface area (Å²) in [4.78, 5) is 9.55. The highest BCUT2D eigenvalue weighted by atomic mass is 15.0. The van der Waals surface area contributed by atoms with Gasteiger partial charge in [-0.1, -0.05) is 48.5 Å². The van der Waals surface area contributed by atoms with Crippen molar-refractivity contribution in [1.29, 1.82) is 0 Å². The molecule has 0 saturated heterocycles. The first-order valence-corrected chi connectivity index (χ1v) is 9.11. The third-order valence-electron chi connectivity index (χ3n) is 5.78. The van der Waals surface area contributed by atoms with Crippen LogP contribution in [-0.2, 0) is 0 Å². The van der Waals surface area contributed by atoms with E-state index in [1.807, 2.05) is 18.5 Å². The molecular weight excluding hydrogens is 330 g/mol. The molecule has 3 aromatic carbocycles. The van der Waals surface area contributed by atoms with Gasteiger partial charge in [-0.25, -0.2) is 4.98 Å². The fraction of sp³-hybridized carbons (Fsp3) is 0. The van der Waals surface area contributed by atoms with E-state index in [1.165, 1.54) is 37.8 Å². The molecule has 0 unspecified atom stereocenters. The Morgan fingerprint density at radius 3 is 2.37 bits per heavy atom. The van der Waals surface area contributed by atoms with Crippen molar-refractivity contribution in [3.8, 4) is 0 Å². The summed E-state index contributed by atoms with van der Waals surface area (Å²) in [7, 11) is 0. The molecule has 0 atom stereocenters. The van der Waals surface area contributed by atoms with Gasteiger partial charge in [0.15, 0.2) is 0 Å². The topological polar surface area (TPSA) is 30.2 Å². The van der Waals surface area contributed by atoms with E-state index >= 15 is 0 Å². The second-order valence-corrected chi connectivity index (χ2v) is 7.12. The molecule has 0 radical (unpaired) electrons. The van der Waals surface area contributed by atoms with Crippen molar-refractivity contribution in [2.24, 2.45) is 0 Å². The van der Waals surface area contributed by atoms with Gasteiger partial charge < -0.3 is 0 Å². The Balaban J connectivity index is 2.02. The van der Waals surface area contributed by atoms with Crippen molar-refractivity contribution < 1.29 is 0 Å². The number of imidazole rings is 1. The van der Waals surface area contributed by atoms with Crippen molar-refractivity contribution in [3.63, 3.8) is 0 Å². The monoisotopic (exact) mass is 343 g/mol. The standard InChI is InChI=1S/C24H13N3/c1-2-7-15-14(6-1)12-19-22-18(10-5-11-25-22)24-26-13-20-16-8-3-4-9-17(16)21(15)23(19)27(20)24/h1-13H. The molecule has 0 aliphatic carbocycles. The quantitative estimate of drug-likeness (QED) is 0.252. The van der Waals surface area contributed by atoms with E-state index in [-0.39, 0.29) is 0 Å². The lowest BCUT2D eigenvalue weighted by Crippen LogP contribution is -1.97. The summed E-state index contributed by atoms with van der Waals surface area (Å²) < 4.78 is 2.32. The first-order chi connectivity index (χ1) is 13.4. The first kappa shape index (κ1) is 13.5. The summed E-state index contributed by atoms with van der Waals surface area (Å²) in [6, 6.07) is 23.7. The van der Waals surface area contributed by atoms with Gasteiger partial charge in [0, 0.05) is 27.7 Å². The lowest BCUT2D eigenvalue weighted by atomic mass is 9.95. The Morgan fingerprint density at radius 2 is 1.44 bits per heavy atom. The Bertz CT molecular complexity index is 1650. The third-order valence-corrected chi connectivity index (χ3v) is 5.78. The second kappa shape index (κ2) is 4.51. The van der Waals surface area contributed by atoms with Gasteiger partial charge in [0.25, 0.3) is 0 Å². The number of rotatable bonds is 0. The molecular formula is C24H13N3. The van der Waals surface area contributed by atoms with Gasteiger partial charge in [-0.05, 0) is 34.4 Å². The average molecular weight is 343 g/mol. The maximum absolute atomic E-state index is 4.80. The highest BCUT2D eigenvalue weighted by Gasteiger charge is 2.19. The maximum Gasteiger partial charge on any atom is 0.147 e. The van der Waals surface area contributed by atoms with Crippen LogP contribution in [0.1, 0.15) is 0 Å². The minimum atomic E-state index is 0.978. The molecule has 27 heavy (non-hydrogen) atoms. The molecule has 0 fully saturated rings. The molecule has 7 aromatic rings. The van der Waals surface area contributed by atoms with E-state index in [0.29, 0.717) is 0 Å². The van der Waals surface area contributed by atoms with E-state index < -0.39 is 0 Å². The normalized spacial score (nSPS) is 12.4.